The van der Waals surface area contributed by atoms with Crippen LogP contribution in [0.25, 0.3) is 10.9 Å². The summed E-state index contributed by atoms with van der Waals surface area (Å²) in [4.78, 5) is 24.3. The highest BCUT2D eigenvalue weighted by Gasteiger charge is 2.18. The molecular weight excluding hydrogens is 354 g/mol. The predicted octanol–water partition coefficient (Wildman–Crippen LogP) is 5.00. The molecule has 0 aliphatic carbocycles. The van der Waals surface area contributed by atoms with E-state index in [0.717, 1.165) is 0 Å². The molecule has 0 saturated carbocycles. The van der Waals surface area contributed by atoms with Gasteiger partial charge in [-0.3, -0.25) is 14.2 Å². The third kappa shape index (κ3) is 3.13. The fourth-order valence-electron chi connectivity index (χ4n) is 2.47. The number of fused-ring (bicyclic) bond motifs is 1. The van der Waals surface area contributed by atoms with Crippen molar-refractivity contribution in [2.45, 2.75) is 6.92 Å². The first-order valence-corrected chi connectivity index (χ1v) is 7.70. The zero-order valence-corrected chi connectivity index (χ0v) is 14.0. The van der Waals surface area contributed by atoms with Crippen molar-refractivity contribution < 1.29 is 14.0 Å². The topological polar surface area (TPSA) is 51.1 Å². The zero-order valence-electron chi connectivity index (χ0n) is 12.4. The Kier molecular flexibility index (Phi) is 4.30. The number of rotatable bonds is 2. The number of aromatic nitrogens is 1. The molecule has 1 heterocycles. The van der Waals surface area contributed by atoms with Crippen molar-refractivity contribution >= 4 is 51.6 Å². The molecule has 0 spiro atoms. The Bertz CT molecular complexity index is 962. The summed E-state index contributed by atoms with van der Waals surface area (Å²) < 4.78 is 14.9. The predicted molar refractivity (Wildman–Crippen MR) is 92.6 cm³/mol. The average Bonchev–Trinajstić information content (AvgIpc) is 2.84. The summed E-state index contributed by atoms with van der Waals surface area (Å²) in [6.07, 6.45) is 1.38. The summed E-state index contributed by atoms with van der Waals surface area (Å²) in [6, 6.07) is 8.52. The normalized spacial score (nSPS) is 10.8. The summed E-state index contributed by atoms with van der Waals surface area (Å²) in [7, 11) is 0. The van der Waals surface area contributed by atoms with Gasteiger partial charge in [0.15, 0.2) is 0 Å². The number of hydrogen-bond donors (Lipinski definition) is 1. The molecule has 3 aromatic rings. The molecule has 0 saturated heterocycles. The Hall–Kier alpha value is -2.37. The summed E-state index contributed by atoms with van der Waals surface area (Å²) >= 11 is 11.8. The van der Waals surface area contributed by atoms with Crippen LogP contribution in [0.15, 0.2) is 42.6 Å². The average molecular weight is 365 g/mol. The first-order valence-electron chi connectivity index (χ1n) is 6.94. The molecule has 3 rings (SSSR count). The maximum absolute atomic E-state index is 13.6. The molecule has 1 amide bonds. The van der Waals surface area contributed by atoms with E-state index < -0.39 is 11.7 Å². The molecule has 7 heteroatoms. The number of carbonyl (C=O) groups is 2. The van der Waals surface area contributed by atoms with Crippen molar-refractivity contribution in [2.24, 2.45) is 0 Å². The first kappa shape index (κ1) is 16.5. The number of benzene rings is 2. The fraction of sp³-hybridized carbons (Fsp3) is 0.0588. The molecular formula is C17H11Cl2FN2O2. The summed E-state index contributed by atoms with van der Waals surface area (Å²) in [5, 5.41) is 3.73. The summed E-state index contributed by atoms with van der Waals surface area (Å²) in [5.74, 6) is -1.27. The lowest BCUT2D eigenvalue weighted by molar-refractivity contribution is 0.0941. The SMILES string of the molecule is CC(=O)n1cc(C(=O)Nc2cc(Cl)cc(Cl)c2)c2cc(F)ccc21. The van der Waals surface area contributed by atoms with Crippen LogP contribution in [0.4, 0.5) is 10.1 Å². The Balaban J connectivity index is 2.06. The Morgan fingerprint density at radius 1 is 1.08 bits per heavy atom. The molecule has 0 bridgehead atoms. The Labute approximate surface area is 146 Å². The van der Waals surface area contributed by atoms with Crippen molar-refractivity contribution in [3.8, 4) is 0 Å². The molecule has 1 aromatic heterocycles. The molecule has 0 unspecified atom stereocenters. The molecule has 0 aliphatic heterocycles. The van der Waals surface area contributed by atoms with Crippen molar-refractivity contribution in [2.75, 3.05) is 5.32 Å². The molecule has 1 N–H and O–H groups in total. The smallest absolute Gasteiger partial charge is 0.257 e. The van der Waals surface area contributed by atoms with Crippen LogP contribution in [0.3, 0.4) is 0 Å². The number of anilines is 1. The van der Waals surface area contributed by atoms with E-state index in [1.807, 2.05) is 0 Å². The van der Waals surface area contributed by atoms with Gasteiger partial charge in [0.05, 0.1) is 11.1 Å². The van der Waals surface area contributed by atoms with Gasteiger partial charge in [-0.1, -0.05) is 23.2 Å². The van der Waals surface area contributed by atoms with Crippen LogP contribution in [-0.4, -0.2) is 16.4 Å². The van der Waals surface area contributed by atoms with Crippen LogP contribution in [0.1, 0.15) is 22.1 Å². The maximum atomic E-state index is 13.6. The van der Waals surface area contributed by atoms with Gasteiger partial charge in [0.1, 0.15) is 5.82 Å². The molecule has 0 atom stereocenters. The molecule has 2 aromatic carbocycles. The van der Waals surface area contributed by atoms with Crippen molar-refractivity contribution in [3.05, 3.63) is 64.0 Å². The number of nitrogens with zero attached hydrogens (tertiary/aromatic N) is 1. The second-order valence-electron chi connectivity index (χ2n) is 5.21. The number of hydrogen-bond acceptors (Lipinski definition) is 2. The van der Waals surface area contributed by atoms with Crippen LogP contribution in [0.2, 0.25) is 10.0 Å². The number of nitrogens with one attached hydrogen (secondary N) is 1. The van der Waals surface area contributed by atoms with Gasteiger partial charge in [0.2, 0.25) is 5.91 Å². The highest BCUT2D eigenvalue weighted by Crippen LogP contribution is 2.26. The van der Waals surface area contributed by atoms with Gasteiger partial charge < -0.3 is 5.32 Å². The molecule has 24 heavy (non-hydrogen) atoms. The number of amides is 1. The molecule has 0 aliphatic rings. The van der Waals surface area contributed by atoms with E-state index in [-0.39, 0.29) is 11.5 Å². The van der Waals surface area contributed by atoms with Crippen LogP contribution >= 0.6 is 23.2 Å². The lowest BCUT2D eigenvalue weighted by atomic mass is 10.1. The fourth-order valence-corrected chi connectivity index (χ4v) is 2.99. The van der Waals surface area contributed by atoms with E-state index in [1.165, 1.54) is 54.1 Å². The van der Waals surface area contributed by atoms with E-state index in [1.54, 1.807) is 0 Å². The largest absolute Gasteiger partial charge is 0.322 e. The molecule has 0 radical (unpaired) electrons. The minimum absolute atomic E-state index is 0.177. The molecule has 122 valence electrons. The van der Waals surface area contributed by atoms with E-state index in [9.17, 15) is 14.0 Å². The van der Waals surface area contributed by atoms with Crippen molar-refractivity contribution in [3.63, 3.8) is 0 Å². The second kappa shape index (κ2) is 6.26. The van der Waals surface area contributed by atoms with Crippen LogP contribution < -0.4 is 5.32 Å². The van der Waals surface area contributed by atoms with Gasteiger partial charge in [-0.25, -0.2) is 4.39 Å². The second-order valence-corrected chi connectivity index (χ2v) is 6.08. The van der Waals surface area contributed by atoms with Crippen LogP contribution in [0.5, 0.6) is 0 Å². The van der Waals surface area contributed by atoms with Crippen molar-refractivity contribution in [1.82, 2.24) is 4.57 Å². The quantitative estimate of drug-likeness (QED) is 0.695. The van der Waals surface area contributed by atoms with E-state index in [4.69, 9.17) is 23.2 Å². The van der Waals surface area contributed by atoms with E-state index >= 15 is 0 Å². The maximum Gasteiger partial charge on any atom is 0.257 e. The lowest BCUT2D eigenvalue weighted by Crippen LogP contribution is -2.12. The first-order chi connectivity index (χ1) is 11.3. The van der Waals surface area contributed by atoms with E-state index in [2.05, 4.69) is 5.32 Å². The standard InChI is InChI=1S/C17H11Cl2FN2O2/c1-9(23)22-8-15(14-7-12(20)2-3-16(14)22)17(24)21-13-5-10(18)4-11(19)6-13/h2-8H,1H3,(H,21,24). The Morgan fingerprint density at radius 2 is 1.75 bits per heavy atom. The summed E-state index contributed by atoms with van der Waals surface area (Å²) in [6.45, 7) is 1.36. The minimum Gasteiger partial charge on any atom is -0.322 e. The van der Waals surface area contributed by atoms with Gasteiger partial charge >= 0.3 is 0 Å². The molecule has 0 fully saturated rings. The highest BCUT2D eigenvalue weighted by molar-refractivity contribution is 6.35. The summed E-state index contributed by atoms with van der Waals surface area (Å²) in [5.41, 5.74) is 1.03. The number of carbonyl (C=O) groups excluding carboxylic acids is 2. The third-order valence-electron chi connectivity index (χ3n) is 3.47. The monoisotopic (exact) mass is 364 g/mol. The Morgan fingerprint density at radius 3 is 2.38 bits per heavy atom. The lowest BCUT2D eigenvalue weighted by Gasteiger charge is -2.05. The van der Waals surface area contributed by atoms with Gasteiger partial charge in [-0.15, -0.1) is 0 Å². The van der Waals surface area contributed by atoms with Crippen LogP contribution in [-0.2, 0) is 0 Å². The number of halogens is 3. The van der Waals surface area contributed by atoms with Gasteiger partial charge in [0, 0.05) is 34.2 Å². The van der Waals surface area contributed by atoms with Gasteiger partial charge in [-0.2, -0.15) is 0 Å². The highest BCUT2D eigenvalue weighted by atomic mass is 35.5. The minimum atomic E-state index is -0.497. The van der Waals surface area contributed by atoms with Gasteiger partial charge in [-0.05, 0) is 36.4 Å². The third-order valence-corrected chi connectivity index (χ3v) is 3.91. The van der Waals surface area contributed by atoms with Gasteiger partial charge in [0.25, 0.3) is 5.91 Å². The zero-order chi connectivity index (χ0) is 17.4. The molecule has 4 nitrogen and oxygen atoms in total. The van der Waals surface area contributed by atoms with Crippen molar-refractivity contribution in [1.29, 1.82) is 0 Å². The van der Waals surface area contributed by atoms with Crippen LogP contribution in [0, 0.1) is 5.82 Å². The van der Waals surface area contributed by atoms with E-state index in [0.29, 0.717) is 26.6 Å².